The van der Waals surface area contributed by atoms with Crippen molar-refractivity contribution in [3.05, 3.63) is 46.9 Å². The van der Waals surface area contributed by atoms with Crippen LogP contribution in [0.15, 0.2) is 24.4 Å². The number of rotatable bonds is 5. The smallest absolute Gasteiger partial charge is 0.337 e. The first-order valence-corrected chi connectivity index (χ1v) is 13.3. The minimum atomic E-state index is -1.38. The maximum atomic E-state index is 16.0. The molecule has 1 saturated heterocycles. The Hall–Kier alpha value is -3.30. The fourth-order valence-electron chi connectivity index (χ4n) is 5.16. The molecular weight excluding hydrogens is 493 g/mol. The van der Waals surface area contributed by atoms with Gasteiger partial charge in [-0.2, -0.15) is 0 Å². The highest BCUT2D eigenvalue weighted by atomic mass is 32.1. The van der Waals surface area contributed by atoms with Gasteiger partial charge in [0.2, 0.25) is 0 Å². The van der Waals surface area contributed by atoms with E-state index in [-0.39, 0.29) is 11.1 Å². The van der Waals surface area contributed by atoms with Gasteiger partial charge in [-0.05, 0) is 63.4 Å². The number of anilines is 1. The van der Waals surface area contributed by atoms with E-state index in [0.717, 1.165) is 53.3 Å². The predicted molar refractivity (Wildman–Crippen MR) is 142 cm³/mol. The summed E-state index contributed by atoms with van der Waals surface area (Å²) in [4.78, 5) is 24.2. The van der Waals surface area contributed by atoms with Crippen LogP contribution >= 0.6 is 11.3 Å². The monoisotopic (exact) mass is 521 g/mol. The van der Waals surface area contributed by atoms with Crippen molar-refractivity contribution in [2.24, 2.45) is 0 Å². The van der Waals surface area contributed by atoms with Gasteiger partial charge in [0.05, 0.1) is 22.4 Å². The number of fused-ring (bicyclic) bond motifs is 1. The van der Waals surface area contributed by atoms with Crippen LogP contribution in [-0.4, -0.2) is 46.3 Å². The van der Waals surface area contributed by atoms with Gasteiger partial charge in [0.25, 0.3) is 0 Å². The third kappa shape index (κ3) is 3.92. The lowest BCUT2D eigenvalue weighted by Gasteiger charge is -2.30. The Kier molecular flexibility index (Phi) is 5.61. The van der Waals surface area contributed by atoms with Gasteiger partial charge in [-0.1, -0.05) is 11.3 Å². The standard InChI is InChI=1S/C28H28FN3O4S/c1-14-18(24(26(33)34)36-28(2,3)4)20(25-23(21(14)29)31-27(37-25)32-11-5-12-32)16-6-7-17-19-15(9-13-35-17)8-10-30-22(16)19/h6-8,10,24H,5,9,11-13H2,1-4H3,(H,33,34)/t24-/m0/s1. The summed E-state index contributed by atoms with van der Waals surface area (Å²) in [5.41, 5.74) is 3.13. The van der Waals surface area contributed by atoms with Crippen LogP contribution in [0, 0.1) is 12.7 Å². The number of aliphatic carboxylic acids is 1. The van der Waals surface area contributed by atoms with E-state index >= 15 is 4.39 Å². The number of carboxylic acids is 1. The van der Waals surface area contributed by atoms with E-state index in [1.54, 1.807) is 33.9 Å². The number of hydrogen-bond acceptors (Lipinski definition) is 7. The lowest BCUT2D eigenvalue weighted by molar-refractivity contribution is -0.160. The first-order valence-electron chi connectivity index (χ1n) is 12.5. The second kappa shape index (κ2) is 8.63. The molecule has 4 heterocycles. The molecular formula is C28H28FN3O4S. The molecule has 9 heteroatoms. The zero-order chi connectivity index (χ0) is 26.1. The van der Waals surface area contributed by atoms with Crippen LogP contribution in [0.25, 0.3) is 32.2 Å². The van der Waals surface area contributed by atoms with E-state index < -0.39 is 23.5 Å². The van der Waals surface area contributed by atoms with Crippen molar-refractivity contribution < 1.29 is 23.8 Å². The molecule has 2 aromatic carbocycles. The molecule has 0 saturated carbocycles. The molecule has 7 nitrogen and oxygen atoms in total. The maximum Gasteiger partial charge on any atom is 0.337 e. The number of carboxylic acid groups (broad SMARTS) is 1. The summed E-state index contributed by atoms with van der Waals surface area (Å²) in [5.74, 6) is -0.944. The number of pyridine rings is 1. The molecule has 0 bridgehead atoms. The second-order valence-corrected chi connectivity index (χ2v) is 11.6. The summed E-state index contributed by atoms with van der Waals surface area (Å²) in [6, 6.07) is 5.78. The van der Waals surface area contributed by atoms with Gasteiger partial charge < -0.3 is 19.5 Å². The molecule has 0 unspecified atom stereocenters. The van der Waals surface area contributed by atoms with Crippen molar-refractivity contribution >= 4 is 43.6 Å². The van der Waals surface area contributed by atoms with Crippen LogP contribution in [0.4, 0.5) is 9.52 Å². The van der Waals surface area contributed by atoms with Crippen molar-refractivity contribution in [2.75, 3.05) is 24.6 Å². The third-order valence-electron chi connectivity index (χ3n) is 6.98. The summed E-state index contributed by atoms with van der Waals surface area (Å²) >= 11 is 1.39. The lowest BCUT2D eigenvalue weighted by Crippen LogP contribution is -2.36. The summed E-state index contributed by atoms with van der Waals surface area (Å²) in [6.45, 7) is 9.32. The fourth-order valence-corrected chi connectivity index (χ4v) is 6.35. The van der Waals surface area contributed by atoms with Crippen LogP contribution in [0.2, 0.25) is 0 Å². The van der Waals surface area contributed by atoms with Gasteiger partial charge in [-0.3, -0.25) is 4.98 Å². The zero-order valence-electron chi connectivity index (χ0n) is 21.2. The number of halogens is 1. The summed E-state index contributed by atoms with van der Waals surface area (Å²) < 4.78 is 28.6. The van der Waals surface area contributed by atoms with Gasteiger partial charge in [-0.25, -0.2) is 14.2 Å². The number of ether oxygens (including phenoxy) is 2. The van der Waals surface area contributed by atoms with E-state index in [4.69, 9.17) is 14.5 Å². The Morgan fingerprint density at radius 1 is 1.24 bits per heavy atom. The Morgan fingerprint density at radius 2 is 2.03 bits per heavy atom. The molecule has 0 spiro atoms. The van der Waals surface area contributed by atoms with Crippen molar-refractivity contribution in [1.29, 1.82) is 0 Å². The number of nitrogens with zero attached hydrogens (tertiary/aromatic N) is 3. The first kappa shape index (κ1) is 24.1. The Labute approximate surface area is 217 Å². The molecule has 1 fully saturated rings. The van der Waals surface area contributed by atoms with Gasteiger partial charge in [0.1, 0.15) is 11.3 Å². The van der Waals surface area contributed by atoms with Gasteiger partial charge in [0, 0.05) is 47.8 Å². The van der Waals surface area contributed by atoms with E-state index in [0.29, 0.717) is 28.0 Å². The topological polar surface area (TPSA) is 84.8 Å². The quantitative estimate of drug-likeness (QED) is 0.342. The van der Waals surface area contributed by atoms with Crippen LogP contribution < -0.4 is 9.64 Å². The molecule has 6 rings (SSSR count). The first-order chi connectivity index (χ1) is 17.6. The number of benzene rings is 2. The van der Waals surface area contributed by atoms with Crippen LogP contribution in [0.1, 0.15) is 50.0 Å². The number of aromatic nitrogens is 2. The van der Waals surface area contributed by atoms with E-state index in [1.165, 1.54) is 11.3 Å². The number of thiazole rings is 1. The SMILES string of the molecule is Cc1c([C@H](OC(C)(C)C)C(=O)O)c(-c2ccc3c4c(ccnc24)CCO3)c2sc(N3CCC3)nc2c1F. The Balaban J connectivity index is 1.73. The van der Waals surface area contributed by atoms with Gasteiger partial charge in [-0.15, -0.1) is 0 Å². The zero-order valence-corrected chi connectivity index (χ0v) is 22.0. The molecule has 2 aliphatic heterocycles. The van der Waals surface area contributed by atoms with Crippen molar-refractivity contribution in [2.45, 2.75) is 52.2 Å². The third-order valence-corrected chi connectivity index (χ3v) is 8.11. The van der Waals surface area contributed by atoms with Crippen molar-refractivity contribution in [3.8, 4) is 16.9 Å². The van der Waals surface area contributed by atoms with Crippen molar-refractivity contribution in [1.82, 2.24) is 9.97 Å². The predicted octanol–water partition coefficient (Wildman–Crippen LogP) is 6.04. The van der Waals surface area contributed by atoms with Gasteiger partial charge >= 0.3 is 5.97 Å². The van der Waals surface area contributed by atoms with Crippen LogP contribution in [-0.2, 0) is 16.0 Å². The summed E-state index contributed by atoms with van der Waals surface area (Å²) in [6.07, 6.45) is 2.20. The fraction of sp³-hybridized carbons (Fsp3) is 0.393. The molecule has 1 N–H and O–H groups in total. The van der Waals surface area contributed by atoms with E-state index in [9.17, 15) is 9.90 Å². The normalized spacial score (nSPS) is 16.1. The highest BCUT2D eigenvalue weighted by Gasteiger charge is 2.35. The molecule has 2 aliphatic rings. The van der Waals surface area contributed by atoms with E-state index in [2.05, 4.69) is 9.88 Å². The van der Waals surface area contributed by atoms with Crippen LogP contribution in [0.3, 0.4) is 0 Å². The van der Waals surface area contributed by atoms with Crippen molar-refractivity contribution in [3.63, 3.8) is 0 Å². The Morgan fingerprint density at radius 3 is 2.70 bits per heavy atom. The Bertz CT molecular complexity index is 1560. The molecule has 37 heavy (non-hydrogen) atoms. The van der Waals surface area contributed by atoms with Gasteiger partial charge in [0.15, 0.2) is 17.1 Å². The summed E-state index contributed by atoms with van der Waals surface area (Å²) in [5, 5.41) is 12.0. The van der Waals surface area contributed by atoms with E-state index in [1.807, 2.05) is 18.2 Å². The molecule has 0 amide bonds. The average molecular weight is 522 g/mol. The van der Waals surface area contributed by atoms with Crippen LogP contribution in [0.5, 0.6) is 5.75 Å². The molecule has 192 valence electrons. The highest BCUT2D eigenvalue weighted by molar-refractivity contribution is 7.22. The minimum Gasteiger partial charge on any atom is -0.493 e. The molecule has 1 atom stereocenters. The lowest BCUT2D eigenvalue weighted by atomic mass is 9.88. The molecule has 2 aromatic heterocycles. The molecule has 0 radical (unpaired) electrons. The minimum absolute atomic E-state index is 0.219. The number of hydrogen-bond donors (Lipinski definition) is 1. The molecule has 4 aromatic rings. The largest absolute Gasteiger partial charge is 0.493 e. The molecule has 0 aliphatic carbocycles. The highest BCUT2D eigenvalue weighted by Crippen LogP contribution is 2.48. The number of carbonyl (C=O) groups is 1. The summed E-state index contributed by atoms with van der Waals surface area (Å²) in [7, 11) is 0. The maximum absolute atomic E-state index is 16.0. The second-order valence-electron chi connectivity index (χ2n) is 10.6. The average Bonchev–Trinajstić information content (AvgIpc) is 3.23.